The van der Waals surface area contributed by atoms with E-state index in [1.165, 1.54) is 5.69 Å². The number of nitrogens with one attached hydrogen (secondary N) is 1. The fourth-order valence-corrected chi connectivity index (χ4v) is 4.53. The van der Waals surface area contributed by atoms with E-state index in [9.17, 15) is 9.59 Å². The summed E-state index contributed by atoms with van der Waals surface area (Å²) < 4.78 is 1.80. The summed E-state index contributed by atoms with van der Waals surface area (Å²) in [6.45, 7) is 4.04. The molecule has 36 heavy (non-hydrogen) atoms. The van der Waals surface area contributed by atoms with Gasteiger partial charge >= 0.3 is 0 Å². The second-order valence-corrected chi connectivity index (χ2v) is 8.87. The Morgan fingerprint density at radius 2 is 1.33 bits per heavy atom. The molecule has 4 aromatic rings. The molecule has 0 spiro atoms. The summed E-state index contributed by atoms with van der Waals surface area (Å²) in [5, 5.41) is 2.94. The first kappa shape index (κ1) is 23.4. The third-order valence-electron chi connectivity index (χ3n) is 6.53. The number of hydrogen-bond acceptors (Lipinski definition) is 5. The summed E-state index contributed by atoms with van der Waals surface area (Å²) in [7, 11) is 0. The Kier molecular flexibility index (Phi) is 7.07. The number of ketones is 1. The number of nitrogens with zero attached hydrogens (tertiary/aromatic N) is 4. The molecule has 1 fully saturated rings. The molecule has 7 nitrogen and oxygen atoms in total. The number of Topliss-reactive ketones (excluding diaryl/α,β-unsaturated/α-hetero) is 1. The van der Waals surface area contributed by atoms with E-state index in [-0.39, 0.29) is 11.7 Å². The topological polar surface area (TPSA) is 70.5 Å². The number of hydrogen-bond donors (Lipinski definition) is 1. The summed E-state index contributed by atoms with van der Waals surface area (Å²) in [6.07, 6.45) is 5.08. The Bertz CT molecular complexity index is 1270. The molecule has 1 saturated heterocycles. The molecule has 1 atom stereocenters. The van der Waals surface area contributed by atoms with Crippen molar-refractivity contribution in [2.24, 2.45) is 0 Å². The minimum Gasteiger partial charge on any atom is -0.368 e. The van der Waals surface area contributed by atoms with Gasteiger partial charge < -0.3 is 19.7 Å². The van der Waals surface area contributed by atoms with Crippen LogP contribution in [0.25, 0.3) is 0 Å². The van der Waals surface area contributed by atoms with Crippen LogP contribution in [0.5, 0.6) is 0 Å². The predicted octanol–water partition coefficient (Wildman–Crippen LogP) is 3.89. The van der Waals surface area contributed by atoms with Gasteiger partial charge in [0.1, 0.15) is 6.04 Å². The maximum atomic E-state index is 13.2. The zero-order chi connectivity index (χ0) is 24.7. The normalized spacial score (nSPS) is 14.3. The second-order valence-electron chi connectivity index (χ2n) is 8.87. The van der Waals surface area contributed by atoms with Gasteiger partial charge in [0.25, 0.3) is 5.91 Å². The molecule has 1 aliphatic heterocycles. The molecule has 0 bridgehead atoms. The molecule has 1 unspecified atom stereocenters. The highest BCUT2D eigenvalue weighted by Gasteiger charge is 2.24. The number of carbonyl (C=O) groups is 2. The Morgan fingerprint density at radius 1 is 0.750 bits per heavy atom. The summed E-state index contributed by atoms with van der Waals surface area (Å²) in [6, 6.07) is 26.4. The zero-order valence-corrected chi connectivity index (χ0v) is 20.0. The first-order valence-electron chi connectivity index (χ1n) is 12.2. The molecule has 0 aliphatic carbocycles. The van der Waals surface area contributed by atoms with Crippen molar-refractivity contribution < 1.29 is 9.59 Å². The van der Waals surface area contributed by atoms with Crippen molar-refractivity contribution in [3.63, 3.8) is 0 Å². The maximum Gasteiger partial charge on any atom is 0.251 e. The van der Waals surface area contributed by atoms with Gasteiger partial charge in [-0.25, -0.2) is 4.98 Å². The summed E-state index contributed by atoms with van der Waals surface area (Å²) >= 11 is 0. The van der Waals surface area contributed by atoms with Crippen molar-refractivity contribution in [1.29, 1.82) is 0 Å². The summed E-state index contributed by atoms with van der Waals surface area (Å²) in [5.74, 6) is -0.407. The molecular formula is C29H29N5O2. The van der Waals surface area contributed by atoms with Gasteiger partial charge in [0, 0.05) is 61.1 Å². The van der Waals surface area contributed by atoms with E-state index >= 15 is 0 Å². The zero-order valence-electron chi connectivity index (χ0n) is 20.0. The van der Waals surface area contributed by atoms with Gasteiger partial charge in [-0.15, -0.1) is 0 Å². The smallest absolute Gasteiger partial charge is 0.251 e. The lowest BCUT2D eigenvalue weighted by atomic mass is 10.0. The van der Waals surface area contributed by atoms with E-state index in [4.69, 9.17) is 0 Å². The molecule has 1 amide bonds. The van der Waals surface area contributed by atoms with Crippen LogP contribution in [0.15, 0.2) is 104 Å². The fourth-order valence-electron chi connectivity index (χ4n) is 4.53. The van der Waals surface area contributed by atoms with Gasteiger partial charge in [-0.05, 0) is 36.4 Å². The van der Waals surface area contributed by atoms with E-state index < -0.39 is 6.04 Å². The van der Waals surface area contributed by atoms with Gasteiger partial charge in [0.05, 0.1) is 12.9 Å². The minimum atomic E-state index is -0.708. The van der Waals surface area contributed by atoms with Gasteiger partial charge in [0.15, 0.2) is 5.78 Å². The van der Waals surface area contributed by atoms with Gasteiger partial charge in [-0.3, -0.25) is 9.59 Å². The molecule has 0 radical (unpaired) electrons. The largest absolute Gasteiger partial charge is 0.368 e. The van der Waals surface area contributed by atoms with Gasteiger partial charge in [-0.1, -0.05) is 48.5 Å². The van der Waals surface area contributed by atoms with Gasteiger partial charge in [0.2, 0.25) is 0 Å². The first-order chi connectivity index (χ1) is 17.7. The summed E-state index contributed by atoms with van der Waals surface area (Å²) in [5.41, 5.74) is 3.43. The first-order valence-corrected chi connectivity index (χ1v) is 12.2. The maximum absolute atomic E-state index is 13.2. The van der Waals surface area contributed by atoms with Crippen molar-refractivity contribution in [1.82, 2.24) is 14.9 Å². The molecule has 5 rings (SSSR count). The number of benzene rings is 3. The SMILES string of the molecule is O=C(NC(Cn1ccnc1)C(=O)c1ccccc1)c1ccc(N2CCN(c3ccccc3)CC2)cc1. The monoisotopic (exact) mass is 479 g/mol. The highest BCUT2D eigenvalue weighted by Crippen LogP contribution is 2.21. The Labute approximate surface area is 211 Å². The lowest BCUT2D eigenvalue weighted by Crippen LogP contribution is -2.46. The lowest BCUT2D eigenvalue weighted by Gasteiger charge is -2.37. The number of anilines is 2. The van der Waals surface area contributed by atoms with Crippen LogP contribution in [0.4, 0.5) is 11.4 Å². The van der Waals surface area contributed by atoms with E-state index in [1.807, 2.05) is 48.5 Å². The lowest BCUT2D eigenvalue weighted by molar-refractivity contribution is 0.0847. The Morgan fingerprint density at radius 3 is 1.92 bits per heavy atom. The van der Waals surface area contributed by atoms with Crippen molar-refractivity contribution in [3.8, 4) is 0 Å². The van der Waals surface area contributed by atoms with Crippen molar-refractivity contribution in [2.45, 2.75) is 12.6 Å². The third-order valence-corrected chi connectivity index (χ3v) is 6.53. The molecular weight excluding hydrogens is 450 g/mol. The van der Waals surface area contributed by atoms with Crippen LogP contribution >= 0.6 is 0 Å². The number of imidazole rings is 1. The number of carbonyl (C=O) groups excluding carboxylic acids is 2. The summed E-state index contributed by atoms with van der Waals surface area (Å²) in [4.78, 5) is 35.0. The quantitative estimate of drug-likeness (QED) is 0.388. The number of para-hydroxylation sites is 1. The third kappa shape index (κ3) is 5.46. The highest BCUT2D eigenvalue weighted by molar-refractivity contribution is 6.04. The number of aromatic nitrogens is 2. The molecule has 2 heterocycles. The van der Waals surface area contributed by atoms with E-state index in [1.54, 1.807) is 35.4 Å². The molecule has 182 valence electrons. The predicted molar refractivity (Wildman–Crippen MR) is 142 cm³/mol. The molecule has 1 aliphatic rings. The fraction of sp³-hybridized carbons (Fsp3) is 0.207. The van der Waals surface area contributed by atoms with Crippen LogP contribution in [-0.2, 0) is 6.54 Å². The molecule has 7 heteroatoms. The van der Waals surface area contributed by atoms with Crippen LogP contribution in [-0.4, -0.2) is 53.5 Å². The molecule has 1 N–H and O–H groups in total. The van der Waals surface area contributed by atoms with Crippen LogP contribution in [0.1, 0.15) is 20.7 Å². The van der Waals surface area contributed by atoms with Crippen molar-refractivity contribution >= 4 is 23.1 Å². The average Bonchev–Trinajstić information content (AvgIpc) is 3.47. The molecule has 0 saturated carbocycles. The van der Waals surface area contributed by atoms with Crippen molar-refractivity contribution in [3.05, 3.63) is 115 Å². The standard InChI is InChI=1S/C29H29N5O2/c35-28(23-7-3-1-4-8-23)27(21-32-16-15-30-22-32)31-29(36)24-11-13-26(14-12-24)34-19-17-33(18-20-34)25-9-5-2-6-10-25/h1-16,22,27H,17-21H2,(H,31,36). The van der Waals surface area contributed by atoms with Crippen LogP contribution in [0, 0.1) is 0 Å². The number of piperazine rings is 1. The molecule has 3 aromatic carbocycles. The van der Waals surface area contributed by atoms with Gasteiger partial charge in [-0.2, -0.15) is 0 Å². The van der Waals surface area contributed by atoms with Crippen molar-refractivity contribution in [2.75, 3.05) is 36.0 Å². The second kappa shape index (κ2) is 10.9. The number of amides is 1. The Balaban J connectivity index is 1.23. The minimum absolute atomic E-state index is 0.134. The van der Waals surface area contributed by atoms with E-state index in [2.05, 4.69) is 44.4 Å². The van der Waals surface area contributed by atoms with E-state index in [0.29, 0.717) is 17.7 Å². The number of rotatable bonds is 8. The van der Waals surface area contributed by atoms with Crippen LogP contribution in [0.2, 0.25) is 0 Å². The van der Waals surface area contributed by atoms with Crippen LogP contribution < -0.4 is 15.1 Å². The van der Waals surface area contributed by atoms with E-state index in [0.717, 1.165) is 31.9 Å². The average molecular weight is 480 g/mol. The Hall–Kier alpha value is -4.39. The highest BCUT2D eigenvalue weighted by atomic mass is 16.2. The van der Waals surface area contributed by atoms with Crippen LogP contribution in [0.3, 0.4) is 0 Å². The molecule has 1 aromatic heterocycles.